The summed E-state index contributed by atoms with van der Waals surface area (Å²) in [7, 11) is 0. The summed E-state index contributed by atoms with van der Waals surface area (Å²) in [5.74, 6) is 1.74. The second-order valence-corrected chi connectivity index (χ2v) is 12.3. The van der Waals surface area contributed by atoms with E-state index < -0.39 is 0 Å². The molecular formula is C44H28N6. The molecule has 0 aliphatic rings. The van der Waals surface area contributed by atoms with Gasteiger partial charge in [-0.25, -0.2) is 4.98 Å². The topological polar surface area (TPSA) is 61.4 Å². The van der Waals surface area contributed by atoms with E-state index in [4.69, 9.17) is 15.0 Å². The number of hydrogen-bond donors (Lipinski definition) is 0. The molecular weight excluding hydrogens is 613 g/mol. The van der Waals surface area contributed by atoms with Crippen molar-refractivity contribution in [3.05, 3.63) is 170 Å². The van der Waals surface area contributed by atoms with Crippen LogP contribution in [-0.4, -0.2) is 29.1 Å². The molecule has 0 saturated heterocycles. The average Bonchev–Trinajstić information content (AvgIpc) is 3.71. The Hall–Kier alpha value is -6.92. The Morgan fingerprint density at radius 1 is 0.360 bits per heavy atom. The fourth-order valence-corrected chi connectivity index (χ4v) is 7.33. The van der Waals surface area contributed by atoms with Gasteiger partial charge in [0.2, 0.25) is 5.95 Å². The van der Waals surface area contributed by atoms with Crippen LogP contribution in [0.1, 0.15) is 0 Å². The summed E-state index contributed by atoms with van der Waals surface area (Å²) >= 11 is 0. The molecule has 0 spiro atoms. The number of nitrogens with zero attached hydrogens (tertiary/aromatic N) is 6. The van der Waals surface area contributed by atoms with Gasteiger partial charge in [0.05, 0.1) is 34.0 Å². The molecule has 0 aliphatic carbocycles. The van der Waals surface area contributed by atoms with E-state index in [1.165, 1.54) is 5.39 Å². The van der Waals surface area contributed by atoms with Crippen LogP contribution in [-0.2, 0) is 0 Å². The van der Waals surface area contributed by atoms with E-state index in [1.54, 1.807) is 0 Å². The predicted octanol–water partition coefficient (Wildman–Crippen LogP) is 10.5. The van der Waals surface area contributed by atoms with Crippen LogP contribution in [0.15, 0.2) is 170 Å². The first-order valence-electron chi connectivity index (χ1n) is 16.7. The molecule has 50 heavy (non-hydrogen) atoms. The Labute approximate surface area is 287 Å². The average molecular weight is 641 g/mol. The third kappa shape index (κ3) is 4.36. The van der Waals surface area contributed by atoms with Crippen LogP contribution >= 0.6 is 0 Å². The van der Waals surface area contributed by atoms with Crippen LogP contribution in [0.3, 0.4) is 0 Å². The molecule has 6 nitrogen and oxygen atoms in total. The summed E-state index contributed by atoms with van der Waals surface area (Å²) < 4.78 is 4.44. The summed E-state index contributed by atoms with van der Waals surface area (Å²) in [6.07, 6.45) is 3.79. The molecule has 0 atom stereocenters. The molecule has 4 heterocycles. The largest absolute Gasteiger partial charge is 0.307 e. The number of fused-ring (bicyclic) bond motifs is 6. The molecule has 10 rings (SSSR count). The highest BCUT2D eigenvalue weighted by Gasteiger charge is 2.22. The lowest BCUT2D eigenvalue weighted by atomic mass is 9.99. The molecule has 0 bridgehead atoms. The first-order valence-corrected chi connectivity index (χ1v) is 16.7. The van der Waals surface area contributed by atoms with Gasteiger partial charge in [-0.3, -0.25) is 9.55 Å². The molecule has 234 valence electrons. The normalized spacial score (nSPS) is 11.6. The van der Waals surface area contributed by atoms with Crippen molar-refractivity contribution < 1.29 is 0 Å². The van der Waals surface area contributed by atoms with Gasteiger partial charge in [-0.05, 0) is 47.5 Å². The summed E-state index contributed by atoms with van der Waals surface area (Å²) in [6, 6.07) is 54.5. The lowest BCUT2D eigenvalue weighted by Crippen LogP contribution is -2.08. The second kappa shape index (κ2) is 11.4. The van der Waals surface area contributed by atoms with Crippen LogP contribution < -0.4 is 0 Å². The highest BCUT2D eigenvalue weighted by atomic mass is 15.2. The third-order valence-electron chi connectivity index (χ3n) is 9.52. The zero-order chi connectivity index (χ0) is 33.0. The molecule has 0 aliphatic heterocycles. The predicted molar refractivity (Wildman–Crippen MR) is 203 cm³/mol. The lowest BCUT2D eigenvalue weighted by molar-refractivity contribution is 0.952. The van der Waals surface area contributed by atoms with Crippen LogP contribution in [0.4, 0.5) is 0 Å². The number of rotatable bonds is 5. The number of benzene rings is 6. The van der Waals surface area contributed by atoms with Crippen LogP contribution in [0, 0.1) is 0 Å². The van der Waals surface area contributed by atoms with Crippen molar-refractivity contribution in [1.82, 2.24) is 29.1 Å². The van der Waals surface area contributed by atoms with Gasteiger partial charge in [-0.15, -0.1) is 0 Å². The second-order valence-electron chi connectivity index (χ2n) is 12.3. The Balaban J connectivity index is 1.30. The maximum atomic E-state index is 5.32. The fourth-order valence-electron chi connectivity index (χ4n) is 7.33. The van der Waals surface area contributed by atoms with Crippen molar-refractivity contribution >= 4 is 43.6 Å². The highest BCUT2D eigenvalue weighted by Crippen LogP contribution is 2.38. The van der Waals surface area contributed by atoms with E-state index in [1.807, 2.05) is 30.6 Å². The van der Waals surface area contributed by atoms with Gasteiger partial charge >= 0.3 is 0 Å². The monoisotopic (exact) mass is 640 g/mol. The van der Waals surface area contributed by atoms with E-state index in [2.05, 4.69) is 154 Å². The molecule has 4 aromatic heterocycles. The van der Waals surface area contributed by atoms with Gasteiger partial charge in [0.15, 0.2) is 11.6 Å². The minimum absolute atomic E-state index is 0.559. The van der Waals surface area contributed by atoms with Gasteiger partial charge in [0.1, 0.15) is 0 Å². The van der Waals surface area contributed by atoms with Crippen molar-refractivity contribution in [2.75, 3.05) is 0 Å². The molecule has 0 fully saturated rings. The fraction of sp³-hybridized carbons (Fsp3) is 0. The van der Waals surface area contributed by atoms with Crippen molar-refractivity contribution in [3.63, 3.8) is 0 Å². The quantitative estimate of drug-likeness (QED) is 0.188. The Bertz CT molecular complexity index is 2780. The summed E-state index contributed by atoms with van der Waals surface area (Å²) in [4.78, 5) is 20.4. The number of aromatic nitrogens is 6. The van der Waals surface area contributed by atoms with E-state index in [0.717, 1.165) is 66.2 Å². The first-order chi connectivity index (χ1) is 24.8. The van der Waals surface area contributed by atoms with E-state index in [-0.39, 0.29) is 0 Å². The van der Waals surface area contributed by atoms with Gasteiger partial charge in [0, 0.05) is 38.9 Å². The molecule has 0 saturated carbocycles. The summed E-state index contributed by atoms with van der Waals surface area (Å²) in [5, 5.41) is 4.60. The lowest BCUT2D eigenvalue weighted by Gasteiger charge is -2.16. The maximum Gasteiger partial charge on any atom is 0.238 e. The minimum Gasteiger partial charge on any atom is -0.307 e. The smallest absolute Gasteiger partial charge is 0.238 e. The van der Waals surface area contributed by atoms with Gasteiger partial charge in [-0.1, -0.05) is 121 Å². The molecule has 0 unspecified atom stereocenters. The molecule has 10 aromatic rings. The van der Waals surface area contributed by atoms with Crippen molar-refractivity contribution in [3.8, 4) is 45.5 Å². The molecule has 6 aromatic carbocycles. The Morgan fingerprint density at radius 3 is 1.54 bits per heavy atom. The minimum atomic E-state index is 0.559. The zero-order valence-corrected chi connectivity index (χ0v) is 26.8. The number of hydrogen-bond acceptors (Lipinski definition) is 4. The summed E-state index contributed by atoms with van der Waals surface area (Å²) in [6.45, 7) is 0. The standard InChI is InChI=1S/C44H28N6/c1-2-14-29(15-3-1)30-16-4-5-20-35(30)42-46-43(48-44(47-42)50-38-23-11-7-17-31(38)32-18-8-12-24-39(32)50)36-21-9-13-25-40(36)49-37-22-10-6-19-33(37)34-26-27-45-28-41(34)49/h1-28H. The van der Waals surface area contributed by atoms with Crippen LogP contribution in [0.5, 0.6) is 0 Å². The van der Waals surface area contributed by atoms with Crippen molar-refractivity contribution in [2.45, 2.75) is 0 Å². The SMILES string of the molecule is c1ccc(-c2ccccc2-c2nc(-c3ccccc3-n3c4ccccc4c4ccncc43)nc(-n3c4ccccc4c4ccccc43)n2)cc1. The Kier molecular flexibility index (Phi) is 6.39. The van der Waals surface area contributed by atoms with Gasteiger partial charge in [-0.2, -0.15) is 9.97 Å². The summed E-state index contributed by atoms with van der Waals surface area (Å²) in [5.41, 5.74) is 9.13. The van der Waals surface area contributed by atoms with E-state index >= 15 is 0 Å². The van der Waals surface area contributed by atoms with E-state index in [0.29, 0.717) is 17.6 Å². The third-order valence-corrected chi connectivity index (χ3v) is 9.52. The van der Waals surface area contributed by atoms with Gasteiger partial charge in [0.25, 0.3) is 0 Å². The Morgan fingerprint density at radius 2 is 0.860 bits per heavy atom. The van der Waals surface area contributed by atoms with Gasteiger partial charge < -0.3 is 4.57 Å². The van der Waals surface area contributed by atoms with Crippen LogP contribution in [0.2, 0.25) is 0 Å². The molecule has 6 heteroatoms. The molecule has 0 radical (unpaired) electrons. The van der Waals surface area contributed by atoms with Crippen LogP contribution in [0.25, 0.3) is 89.2 Å². The van der Waals surface area contributed by atoms with Crippen molar-refractivity contribution in [2.24, 2.45) is 0 Å². The molecule has 0 amide bonds. The van der Waals surface area contributed by atoms with Crippen molar-refractivity contribution in [1.29, 1.82) is 0 Å². The number of para-hydroxylation sites is 4. The number of pyridine rings is 1. The maximum absolute atomic E-state index is 5.32. The van der Waals surface area contributed by atoms with E-state index in [9.17, 15) is 0 Å². The zero-order valence-electron chi connectivity index (χ0n) is 26.8. The highest BCUT2D eigenvalue weighted by molar-refractivity contribution is 6.10. The first kappa shape index (κ1) is 28.1. The molecule has 0 N–H and O–H groups in total.